The topological polar surface area (TPSA) is 51.0 Å². The Hall–Kier alpha value is -1.48. The lowest BCUT2D eigenvalue weighted by molar-refractivity contribution is 0.415. The van der Waals surface area contributed by atoms with Crippen molar-refractivity contribution in [2.24, 2.45) is 5.73 Å². The number of ether oxygens (including phenoxy) is 1. The molecule has 0 saturated carbocycles. The molecule has 0 unspecified atom stereocenters. The van der Waals surface area contributed by atoms with E-state index in [2.05, 4.69) is 23.3 Å². The fourth-order valence-electron chi connectivity index (χ4n) is 2.66. The molecule has 3 heteroatoms. The average Bonchev–Trinajstić information content (AvgIpc) is 2.88. The molecule has 0 aliphatic heterocycles. The summed E-state index contributed by atoms with van der Waals surface area (Å²) in [7, 11) is 1.72. The van der Waals surface area contributed by atoms with E-state index >= 15 is 0 Å². The molecule has 0 amide bonds. The van der Waals surface area contributed by atoms with Crippen LogP contribution < -0.4 is 10.5 Å². The lowest BCUT2D eigenvalue weighted by Crippen LogP contribution is -1.97. The number of aromatic amines is 1. The Balaban J connectivity index is 1.81. The molecule has 1 aromatic carbocycles. The van der Waals surface area contributed by atoms with E-state index in [1.54, 1.807) is 7.11 Å². The lowest BCUT2D eigenvalue weighted by Gasteiger charge is -2.03. The van der Waals surface area contributed by atoms with Crippen LogP contribution in [0.4, 0.5) is 0 Å². The second-order valence-corrected chi connectivity index (χ2v) is 5.39. The molecule has 0 aliphatic carbocycles. The van der Waals surface area contributed by atoms with Crippen LogP contribution in [0.25, 0.3) is 10.9 Å². The molecule has 0 aliphatic rings. The van der Waals surface area contributed by atoms with Gasteiger partial charge in [-0.2, -0.15) is 0 Å². The normalized spacial score (nSPS) is 11.1. The second-order valence-electron chi connectivity index (χ2n) is 5.39. The van der Waals surface area contributed by atoms with Crippen LogP contribution in [0.3, 0.4) is 0 Å². The number of benzene rings is 1. The highest BCUT2D eigenvalue weighted by Crippen LogP contribution is 2.25. The van der Waals surface area contributed by atoms with Gasteiger partial charge in [-0.05, 0) is 49.6 Å². The molecule has 0 radical (unpaired) electrons. The number of rotatable bonds is 9. The van der Waals surface area contributed by atoms with Crippen molar-refractivity contribution >= 4 is 10.9 Å². The molecule has 20 heavy (non-hydrogen) atoms. The van der Waals surface area contributed by atoms with Gasteiger partial charge in [-0.15, -0.1) is 0 Å². The molecule has 1 aromatic heterocycles. The maximum absolute atomic E-state index is 5.50. The fourth-order valence-corrected chi connectivity index (χ4v) is 2.66. The van der Waals surface area contributed by atoms with E-state index in [9.17, 15) is 0 Å². The molecule has 2 rings (SSSR count). The quantitative estimate of drug-likeness (QED) is 0.679. The molecule has 0 fully saturated rings. The monoisotopic (exact) mass is 274 g/mol. The summed E-state index contributed by atoms with van der Waals surface area (Å²) in [6, 6.07) is 6.22. The minimum Gasteiger partial charge on any atom is -0.497 e. The molecule has 110 valence electrons. The molecule has 3 N–H and O–H groups in total. The van der Waals surface area contributed by atoms with Crippen molar-refractivity contribution in [3.05, 3.63) is 30.0 Å². The number of aromatic nitrogens is 1. The van der Waals surface area contributed by atoms with Crippen LogP contribution in [0.15, 0.2) is 24.4 Å². The number of hydrogen-bond acceptors (Lipinski definition) is 2. The summed E-state index contributed by atoms with van der Waals surface area (Å²) in [5.74, 6) is 0.931. The highest BCUT2D eigenvalue weighted by atomic mass is 16.5. The zero-order valence-electron chi connectivity index (χ0n) is 12.5. The van der Waals surface area contributed by atoms with E-state index in [4.69, 9.17) is 10.5 Å². The number of methoxy groups -OCH3 is 1. The SMILES string of the molecule is COc1ccc2[nH]cc(CCCCCCCCN)c2c1. The third-order valence-electron chi connectivity index (χ3n) is 3.87. The van der Waals surface area contributed by atoms with Gasteiger partial charge in [0.25, 0.3) is 0 Å². The van der Waals surface area contributed by atoms with E-state index in [1.807, 2.05) is 6.07 Å². The smallest absolute Gasteiger partial charge is 0.119 e. The van der Waals surface area contributed by atoms with Crippen LogP contribution in [0.5, 0.6) is 5.75 Å². The maximum atomic E-state index is 5.50. The molecule has 0 spiro atoms. The van der Waals surface area contributed by atoms with E-state index in [1.165, 1.54) is 55.0 Å². The van der Waals surface area contributed by atoms with Gasteiger partial charge in [0.1, 0.15) is 5.75 Å². The summed E-state index contributed by atoms with van der Waals surface area (Å²) >= 11 is 0. The summed E-state index contributed by atoms with van der Waals surface area (Å²) in [6.45, 7) is 0.831. The number of H-pyrrole nitrogens is 1. The van der Waals surface area contributed by atoms with Gasteiger partial charge in [-0.3, -0.25) is 0 Å². The molecule has 3 nitrogen and oxygen atoms in total. The Morgan fingerprint density at radius 1 is 1.05 bits per heavy atom. The van der Waals surface area contributed by atoms with Gasteiger partial charge in [0.15, 0.2) is 0 Å². The fraction of sp³-hybridized carbons (Fsp3) is 0.529. The van der Waals surface area contributed by atoms with Crippen molar-refractivity contribution in [2.75, 3.05) is 13.7 Å². The Morgan fingerprint density at radius 2 is 1.80 bits per heavy atom. The summed E-state index contributed by atoms with van der Waals surface area (Å²) in [5, 5.41) is 1.30. The van der Waals surface area contributed by atoms with Crippen LogP contribution in [0.1, 0.15) is 44.1 Å². The number of nitrogens with one attached hydrogen (secondary N) is 1. The maximum Gasteiger partial charge on any atom is 0.119 e. The molecule has 1 heterocycles. The van der Waals surface area contributed by atoms with Gasteiger partial charge in [0.05, 0.1) is 7.11 Å². The average molecular weight is 274 g/mol. The first-order chi connectivity index (χ1) is 9.85. The number of unbranched alkanes of at least 4 members (excludes halogenated alkanes) is 5. The van der Waals surface area contributed by atoms with Crippen LogP contribution in [0.2, 0.25) is 0 Å². The zero-order valence-corrected chi connectivity index (χ0v) is 12.5. The van der Waals surface area contributed by atoms with Gasteiger partial charge in [0.2, 0.25) is 0 Å². The molecule has 0 atom stereocenters. The van der Waals surface area contributed by atoms with Gasteiger partial charge >= 0.3 is 0 Å². The highest BCUT2D eigenvalue weighted by molar-refractivity contribution is 5.84. The number of aryl methyl sites for hydroxylation is 1. The molecular formula is C17H26N2O. The van der Waals surface area contributed by atoms with E-state index < -0.39 is 0 Å². The van der Waals surface area contributed by atoms with Crippen molar-refractivity contribution < 1.29 is 4.74 Å². The molecule has 0 saturated heterocycles. The van der Waals surface area contributed by atoms with Gasteiger partial charge in [-0.1, -0.05) is 25.7 Å². The Bertz CT molecular complexity index is 519. The van der Waals surface area contributed by atoms with Crippen molar-refractivity contribution in [1.29, 1.82) is 0 Å². The van der Waals surface area contributed by atoms with Crippen LogP contribution in [-0.2, 0) is 6.42 Å². The summed E-state index contributed by atoms with van der Waals surface area (Å²) in [5.41, 5.74) is 8.10. The Morgan fingerprint density at radius 3 is 2.55 bits per heavy atom. The first-order valence-corrected chi connectivity index (χ1v) is 7.69. The zero-order chi connectivity index (χ0) is 14.2. The Labute approximate surface area is 121 Å². The lowest BCUT2D eigenvalue weighted by atomic mass is 10.0. The minimum absolute atomic E-state index is 0.831. The predicted octanol–water partition coefficient (Wildman–Crippen LogP) is 4.02. The van der Waals surface area contributed by atoms with Gasteiger partial charge in [0, 0.05) is 17.1 Å². The number of hydrogen-bond donors (Lipinski definition) is 2. The van der Waals surface area contributed by atoms with Crippen LogP contribution in [-0.4, -0.2) is 18.6 Å². The minimum atomic E-state index is 0.831. The first kappa shape index (κ1) is 14.9. The Kier molecular flexibility index (Phi) is 5.93. The van der Waals surface area contributed by atoms with Crippen molar-refractivity contribution in [3.8, 4) is 5.75 Å². The van der Waals surface area contributed by atoms with Gasteiger partial charge < -0.3 is 15.5 Å². The standard InChI is InChI=1S/C17H26N2O/c1-20-15-9-10-17-16(12-15)14(13-19-17)8-6-4-2-3-5-7-11-18/h9-10,12-13,19H,2-8,11,18H2,1H3. The van der Waals surface area contributed by atoms with E-state index in [-0.39, 0.29) is 0 Å². The van der Waals surface area contributed by atoms with E-state index in [0.29, 0.717) is 0 Å². The van der Waals surface area contributed by atoms with Crippen LogP contribution in [0, 0.1) is 0 Å². The summed E-state index contributed by atoms with van der Waals surface area (Å²) in [6.07, 6.45) is 10.9. The molecule has 0 bridgehead atoms. The molecule has 2 aromatic rings. The van der Waals surface area contributed by atoms with Crippen molar-refractivity contribution in [3.63, 3.8) is 0 Å². The van der Waals surface area contributed by atoms with Gasteiger partial charge in [-0.25, -0.2) is 0 Å². The highest BCUT2D eigenvalue weighted by Gasteiger charge is 2.04. The van der Waals surface area contributed by atoms with Crippen molar-refractivity contribution in [1.82, 2.24) is 4.98 Å². The first-order valence-electron chi connectivity index (χ1n) is 7.69. The second kappa shape index (κ2) is 7.95. The third kappa shape index (κ3) is 4.01. The van der Waals surface area contributed by atoms with E-state index in [0.717, 1.165) is 18.7 Å². The van der Waals surface area contributed by atoms with Crippen molar-refractivity contribution in [2.45, 2.75) is 44.9 Å². The summed E-state index contributed by atoms with van der Waals surface area (Å²) < 4.78 is 5.30. The largest absolute Gasteiger partial charge is 0.497 e. The number of nitrogens with two attached hydrogens (primary N) is 1. The molecular weight excluding hydrogens is 248 g/mol. The predicted molar refractivity (Wildman–Crippen MR) is 85.3 cm³/mol. The van der Waals surface area contributed by atoms with Crippen LogP contribution >= 0.6 is 0 Å². The summed E-state index contributed by atoms with van der Waals surface area (Å²) in [4.78, 5) is 3.34. The third-order valence-corrected chi connectivity index (χ3v) is 3.87. The number of fused-ring (bicyclic) bond motifs is 1.